The van der Waals surface area contributed by atoms with Gasteiger partial charge in [0.1, 0.15) is 0 Å². The van der Waals surface area contributed by atoms with Crippen molar-refractivity contribution in [2.75, 3.05) is 47.1 Å². The highest BCUT2D eigenvalue weighted by atomic mass is 16.5. The third-order valence-electron chi connectivity index (χ3n) is 2.80. The zero-order valence-corrected chi connectivity index (χ0v) is 11.5. The molecule has 0 saturated carbocycles. The van der Waals surface area contributed by atoms with E-state index in [9.17, 15) is 0 Å². The smallest absolute Gasteiger partial charge is 0.0615 e. The van der Waals surface area contributed by atoms with Gasteiger partial charge in [-0.3, -0.25) is 4.90 Å². The van der Waals surface area contributed by atoms with Crippen molar-refractivity contribution >= 4 is 0 Å². The fourth-order valence-electron chi connectivity index (χ4n) is 1.62. The van der Waals surface area contributed by atoms with Crippen molar-refractivity contribution in [2.45, 2.75) is 26.8 Å². The minimum atomic E-state index is 0.135. The number of rotatable bonds is 9. The number of nitrogens with two attached hydrogens (primary N) is 1. The fourth-order valence-corrected chi connectivity index (χ4v) is 1.62. The topological polar surface area (TPSA) is 47.7 Å². The summed E-state index contributed by atoms with van der Waals surface area (Å²) < 4.78 is 10.3. The second kappa shape index (κ2) is 8.01. The molecule has 4 nitrogen and oxygen atoms in total. The summed E-state index contributed by atoms with van der Waals surface area (Å²) in [5, 5.41) is 0. The van der Waals surface area contributed by atoms with Gasteiger partial charge in [0.05, 0.1) is 13.2 Å². The molecular weight excluding hydrogens is 204 g/mol. The second-order valence-corrected chi connectivity index (χ2v) is 5.14. The molecule has 0 aliphatic carbocycles. The molecule has 0 spiro atoms. The van der Waals surface area contributed by atoms with Crippen LogP contribution in [0.5, 0.6) is 0 Å². The van der Waals surface area contributed by atoms with E-state index in [4.69, 9.17) is 15.2 Å². The molecule has 0 heterocycles. The van der Waals surface area contributed by atoms with E-state index in [1.54, 1.807) is 14.2 Å². The van der Waals surface area contributed by atoms with Crippen LogP contribution in [0.1, 0.15) is 20.8 Å². The molecule has 1 unspecified atom stereocenters. The quantitative estimate of drug-likeness (QED) is 0.643. The van der Waals surface area contributed by atoms with E-state index >= 15 is 0 Å². The van der Waals surface area contributed by atoms with E-state index in [0.29, 0.717) is 12.6 Å². The number of methoxy groups -OCH3 is 2. The molecule has 98 valence electrons. The van der Waals surface area contributed by atoms with Crippen molar-refractivity contribution in [3.63, 3.8) is 0 Å². The molecule has 0 fully saturated rings. The van der Waals surface area contributed by atoms with Crippen LogP contribution < -0.4 is 5.73 Å². The molecule has 0 aromatic heterocycles. The van der Waals surface area contributed by atoms with E-state index in [2.05, 4.69) is 25.7 Å². The van der Waals surface area contributed by atoms with Gasteiger partial charge in [-0.1, -0.05) is 13.8 Å². The van der Waals surface area contributed by atoms with Crippen LogP contribution in [0.15, 0.2) is 0 Å². The van der Waals surface area contributed by atoms with Gasteiger partial charge in [0, 0.05) is 33.4 Å². The van der Waals surface area contributed by atoms with Crippen molar-refractivity contribution in [3.8, 4) is 0 Å². The Kier molecular flexibility index (Phi) is 7.93. The molecule has 4 heteroatoms. The molecule has 0 radical (unpaired) electrons. The van der Waals surface area contributed by atoms with Crippen LogP contribution in [0, 0.1) is 5.41 Å². The Labute approximate surface area is 100 Å². The first-order chi connectivity index (χ1) is 7.46. The predicted molar refractivity (Wildman–Crippen MR) is 67.6 cm³/mol. The van der Waals surface area contributed by atoms with Crippen LogP contribution in [0.25, 0.3) is 0 Å². The van der Waals surface area contributed by atoms with Gasteiger partial charge in [0.2, 0.25) is 0 Å². The lowest BCUT2D eigenvalue weighted by Crippen LogP contribution is -2.46. The standard InChI is InChI=1S/C12H28N2O2/c1-11(8-16-5)14(6-7-15-4)10-12(2,3)9-13/h11H,6-10,13H2,1-5H3. The van der Waals surface area contributed by atoms with Crippen molar-refractivity contribution in [1.82, 2.24) is 4.90 Å². The van der Waals surface area contributed by atoms with E-state index in [0.717, 1.165) is 26.3 Å². The van der Waals surface area contributed by atoms with Crippen LogP contribution in [-0.4, -0.2) is 58.0 Å². The van der Waals surface area contributed by atoms with Crippen LogP contribution in [0.2, 0.25) is 0 Å². The van der Waals surface area contributed by atoms with E-state index in [1.807, 2.05) is 0 Å². The number of hydrogen-bond donors (Lipinski definition) is 1. The Bertz CT molecular complexity index is 174. The lowest BCUT2D eigenvalue weighted by Gasteiger charge is -2.35. The minimum absolute atomic E-state index is 0.135. The summed E-state index contributed by atoms with van der Waals surface area (Å²) in [5.74, 6) is 0. The zero-order chi connectivity index (χ0) is 12.6. The van der Waals surface area contributed by atoms with Crippen molar-refractivity contribution in [2.24, 2.45) is 11.1 Å². The summed E-state index contributed by atoms with van der Waals surface area (Å²) >= 11 is 0. The van der Waals surface area contributed by atoms with Crippen molar-refractivity contribution in [1.29, 1.82) is 0 Å². The van der Waals surface area contributed by atoms with Gasteiger partial charge in [-0.25, -0.2) is 0 Å². The SMILES string of the molecule is COCCN(CC(C)(C)CN)C(C)COC. The molecule has 0 aromatic carbocycles. The molecule has 0 bridgehead atoms. The van der Waals surface area contributed by atoms with Crippen LogP contribution >= 0.6 is 0 Å². The molecule has 2 N–H and O–H groups in total. The van der Waals surface area contributed by atoms with Gasteiger partial charge in [0.25, 0.3) is 0 Å². The fraction of sp³-hybridized carbons (Fsp3) is 1.00. The van der Waals surface area contributed by atoms with Gasteiger partial charge < -0.3 is 15.2 Å². The highest BCUT2D eigenvalue weighted by molar-refractivity contribution is 4.77. The third kappa shape index (κ3) is 6.43. The van der Waals surface area contributed by atoms with Crippen molar-refractivity contribution in [3.05, 3.63) is 0 Å². The summed E-state index contributed by atoms with van der Waals surface area (Å²) in [4.78, 5) is 2.37. The average molecular weight is 232 g/mol. The van der Waals surface area contributed by atoms with Gasteiger partial charge in [-0.05, 0) is 18.9 Å². The Morgan fingerprint density at radius 2 is 1.88 bits per heavy atom. The molecule has 16 heavy (non-hydrogen) atoms. The van der Waals surface area contributed by atoms with Gasteiger partial charge >= 0.3 is 0 Å². The van der Waals surface area contributed by atoms with Gasteiger partial charge in [-0.2, -0.15) is 0 Å². The highest BCUT2D eigenvalue weighted by Gasteiger charge is 2.23. The largest absolute Gasteiger partial charge is 0.383 e. The zero-order valence-electron chi connectivity index (χ0n) is 11.5. The summed E-state index contributed by atoms with van der Waals surface area (Å²) in [6, 6.07) is 0.394. The molecule has 1 atom stereocenters. The molecular formula is C12H28N2O2. The Balaban J connectivity index is 4.29. The lowest BCUT2D eigenvalue weighted by atomic mass is 9.92. The van der Waals surface area contributed by atoms with Crippen LogP contribution in [0.3, 0.4) is 0 Å². The van der Waals surface area contributed by atoms with E-state index in [1.165, 1.54) is 0 Å². The van der Waals surface area contributed by atoms with Crippen molar-refractivity contribution < 1.29 is 9.47 Å². The minimum Gasteiger partial charge on any atom is -0.383 e. The monoisotopic (exact) mass is 232 g/mol. The summed E-state index contributed by atoms with van der Waals surface area (Å²) in [5.41, 5.74) is 5.90. The normalized spacial score (nSPS) is 14.4. The second-order valence-electron chi connectivity index (χ2n) is 5.14. The van der Waals surface area contributed by atoms with E-state index < -0.39 is 0 Å². The predicted octanol–water partition coefficient (Wildman–Crippen LogP) is 0.955. The summed E-state index contributed by atoms with van der Waals surface area (Å²) in [6.45, 7) is 10.6. The third-order valence-corrected chi connectivity index (χ3v) is 2.80. The first-order valence-electron chi connectivity index (χ1n) is 5.89. The van der Waals surface area contributed by atoms with Gasteiger partial charge in [0.15, 0.2) is 0 Å². The highest BCUT2D eigenvalue weighted by Crippen LogP contribution is 2.16. The molecule has 0 amide bonds. The van der Waals surface area contributed by atoms with Gasteiger partial charge in [-0.15, -0.1) is 0 Å². The molecule has 0 aliphatic heterocycles. The number of nitrogens with zero attached hydrogens (tertiary/aromatic N) is 1. The maximum Gasteiger partial charge on any atom is 0.0615 e. The first kappa shape index (κ1) is 15.8. The van der Waals surface area contributed by atoms with E-state index in [-0.39, 0.29) is 5.41 Å². The molecule has 0 aliphatic rings. The molecule has 0 saturated heterocycles. The Hall–Kier alpha value is -0.160. The number of hydrogen-bond acceptors (Lipinski definition) is 4. The average Bonchev–Trinajstić information content (AvgIpc) is 2.24. The first-order valence-corrected chi connectivity index (χ1v) is 5.89. The maximum absolute atomic E-state index is 5.77. The summed E-state index contributed by atoms with van der Waals surface area (Å²) in [7, 11) is 3.46. The Morgan fingerprint density at radius 1 is 1.25 bits per heavy atom. The van der Waals surface area contributed by atoms with Crippen LogP contribution in [0.4, 0.5) is 0 Å². The Morgan fingerprint density at radius 3 is 2.31 bits per heavy atom. The molecule has 0 aromatic rings. The lowest BCUT2D eigenvalue weighted by molar-refractivity contribution is 0.0528. The summed E-state index contributed by atoms with van der Waals surface area (Å²) in [6.07, 6.45) is 0. The molecule has 0 rings (SSSR count). The van der Waals surface area contributed by atoms with Crippen LogP contribution in [-0.2, 0) is 9.47 Å². The number of ether oxygens (including phenoxy) is 2. The maximum atomic E-state index is 5.77.